The van der Waals surface area contributed by atoms with Gasteiger partial charge in [-0.1, -0.05) is 6.07 Å². The monoisotopic (exact) mass is 556 g/mol. The van der Waals surface area contributed by atoms with Gasteiger partial charge in [-0.05, 0) is 55.8 Å². The van der Waals surface area contributed by atoms with Gasteiger partial charge in [0, 0.05) is 49.1 Å². The Morgan fingerprint density at radius 3 is 2.60 bits per heavy atom. The number of aromatic nitrogens is 3. The van der Waals surface area contributed by atoms with Crippen molar-refractivity contribution in [2.24, 2.45) is 0 Å². The SMILES string of the molecule is Oc1cc(COc2nc(OC[C@@]34CCCN3CC(F)C4)nc(N3CC4CCC(C3)N4)n2)c2c(F)c(F)ccc2c1. The molecule has 12 heteroatoms. The second-order valence-electron chi connectivity index (χ2n) is 11.5. The maximum Gasteiger partial charge on any atom is 0.324 e. The summed E-state index contributed by atoms with van der Waals surface area (Å²) in [7, 11) is 0. The van der Waals surface area contributed by atoms with E-state index in [0.29, 0.717) is 36.4 Å². The first-order valence-electron chi connectivity index (χ1n) is 13.9. The first kappa shape index (κ1) is 25.6. The van der Waals surface area contributed by atoms with E-state index in [-0.39, 0.29) is 47.5 Å². The molecule has 4 saturated heterocycles. The zero-order chi connectivity index (χ0) is 27.4. The highest BCUT2D eigenvalue weighted by Crippen LogP contribution is 2.40. The van der Waals surface area contributed by atoms with E-state index in [1.54, 1.807) is 0 Å². The molecule has 4 fully saturated rings. The number of halogens is 3. The lowest BCUT2D eigenvalue weighted by molar-refractivity contribution is 0.106. The molecule has 5 heterocycles. The Labute approximate surface area is 229 Å². The average molecular weight is 557 g/mol. The molecule has 0 spiro atoms. The van der Waals surface area contributed by atoms with Gasteiger partial charge in [-0.15, -0.1) is 4.98 Å². The number of nitrogens with zero attached hydrogens (tertiary/aromatic N) is 5. The van der Waals surface area contributed by atoms with Gasteiger partial charge in [0.05, 0.1) is 5.54 Å². The molecule has 3 aromatic rings. The fourth-order valence-corrected chi connectivity index (χ4v) is 6.93. The summed E-state index contributed by atoms with van der Waals surface area (Å²) < 4.78 is 55.1. The molecule has 0 saturated carbocycles. The van der Waals surface area contributed by atoms with E-state index >= 15 is 0 Å². The van der Waals surface area contributed by atoms with Gasteiger partial charge >= 0.3 is 12.0 Å². The summed E-state index contributed by atoms with van der Waals surface area (Å²) in [4.78, 5) is 17.8. The number of hydrogen-bond acceptors (Lipinski definition) is 9. The normalized spacial score (nSPS) is 27.9. The minimum atomic E-state index is -1.02. The fraction of sp³-hybridized carbons (Fsp3) is 0.536. The van der Waals surface area contributed by atoms with Crippen LogP contribution in [0, 0.1) is 11.6 Å². The van der Waals surface area contributed by atoms with Gasteiger partial charge in [0.1, 0.15) is 25.1 Å². The number of benzene rings is 2. The van der Waals surface area contributed by atoms with Crippen LogP contribution in [0.4, 0.5) is 19.1 Å². The van der Waals surface area contributed by atoms with Crippen molar-refractivity contribution in [3.8, 4) is 17.8 Å². The molecule has 40 heavy (non-hydrogen) atoms. The number of ether oxygens (including phenoxy) is 2. The van der Waals surface area contributed by atoms with E-state index in [9.17, 15) is 18.3 Å². The molecule has 9 nitrogen and oxygen atoms in total. The summed E-state index contributed by atoms with van der Waals surface area (Å²) >= 11 is 0. The smallest absolute Gasteiger partial charge is 0.324 e. The Morgan fingerprint density at radius 2 is 1.80 bits per heavy atom. The summed E-state index contributed by atoms with van der Waals surface area (Å²) in [5.74, 6) is -1.70. The molecule has 2 aromatic carbocycles. The summed E-state index contributed by atoms with van der Waals surface area (Å²) in [6.07, 6.45) is 3.54. The van der Waals surface area contributed by atoms with Crippen LogP contribution < -0.4 is 19.7 Å². The predicted octanol–water partition coefficient (Wildman–Crippen LogP) is 3.48. The molecule has 0 radical (unpaired) electrons. The lowest BCUT2D eigenvalue weighted by Crippen LogP contribution is -2.51. The Kier molecular flexibility index (Phi) is 6.34. The highest BCUT2D eigenvalue weighted by atomic mass is 19.2. The molecular formula is C28H31F3N6O3. The van der Waals surface area contributed by atoms with Crippen LogP contribution >= 0.6 is 0 Å². The van der Waals surface area contributed by atoms with Gasteiger partial charge in [-0.25, -0.2) is 13.2 Å². The summed E-state index contributed by atoms with van der Waals surface area (Å²) in [6.45, 7) is 2.75. The number of alkyl halides is 1. The lowest BCUT2D eigenvalue weighted by atomic mass is 9.95. The van der Waals surface area contributed by atoms with Crippen LogP contribution in [-0.2, 0) is 6.61 Å². The van der Waals surface area contributed by atoms with Gasteiger partial charge in [0.2, 0.25) is 5.95 Å². The third-order valence-corrected chi connectivity index (χ3v) is 8.74. The first-order valence-corrected chi connectivity index (χ1v) is 13.9. The van der Waals surface area contributed by atoms with Crippen molar-refractivity contribution in [3.05, 3.63) is 41.5 Å². The molecular weight excluding hydrogens is 525 g/mol. The van der Waals surface area contributed by atoms with E-state index in [4.69, 9.17) is 9.47 Å². The van der Waals surface area contributed by atoms with Crippen molar-refractivity contribution in [2.45, 2.75) is 62.5 Å². The zero-order valence-corrected chi connectivity index (χ0v) is 22.0. The minimum absolute atomic E-state index is 0.0182. The molecule has 212 valence electrons. The second-order valence-corrected chi connectivity index (χ2v) is 11.5. The molecule has 4 atom stereocenters. The van der Waals surface area contributed by atoms with Crippen LogP contribution in [-0.4, -0.2) is 81.5 Å². The quantitative estimate of drug-likeness (QED) is 0.454. The van der Waals surface area contributed by atoms with E-state index in [1.807, 2.05) is 0 Å². The summed E-state index contributed by atoms with van der Waals surface area (Å²) in [5, 5.41) is 14.1. The van der Waals surface area contributed by atoms with Crippen LogP contribution in [0.3, 0.4) is 0 Å². The van der Waals surface area contributed by atoms with E-state index in [0.717, 1.165) is 51.4 Å². The number of aromatic hydroxyl groups is 1. The number of hydrogen-bond donors (Lipinski definition) is 2. The van der Waals surface area contributed by atoms with Gasteiger partial charge in [-0.3, -0.25) is 4.90 Å². The molecule has 0 amide bonds. The van der Waals surface area contributed by atoms with Crippen LogP contribution in [0.2, 0.25) is 0 Å². The number of nitrogens with one attached hydrogen (secondary N) is 1. The largest absolute Gasteiger partial charge is 0.508 e. The maximum absolute atomic E-state index is 14.7. The molecule has 2 N–H and O–H groups in total. The molecule has 2 bridgehead atoms. The standard InChI is InChI=1S/C28H31F3N6O3/c29-18-10-28(6-1-7-37(28)11-18)15-40-27-34-25(36-12-19-3-4-20(13-36)32-19)33-26(35-27)39-14-17-9-21(38)8-16-2-5-22(30)24(31)23(16)17/h2,5,8-9,18-20,32,38H,1,3-4,6-7,10-15H2/t18?,19?,20?,28-/m0/s1. The van der Waals surface area contributed by atoms with Gasteiger partial charge in [0.25, 0.3) is 0 Å². The van der Waals surface area contributed by atoms with Crippen LogP contribution in [0.15, 0.2) is 24.3 Å². The third kappa shape index (κ3) is 4.66. The topological polar surface area (TPSA) is 95.9 Å². The van der Waals surface area contributed by atoms with E-state index in [2.05, 4.69) is 30.1 Å². The van der Waals surface area contributed by atoms with Crippen LogP contribution in [0.1, 0.15) is 37.7 Å². The van der Waals surface area contributed by atoms with Crippen molar-refractivity contribution < 1.29 is 27.8 Å². The van der Waals surface area contributed by atoms with Gasteiger partial charge in [0.15, 0.2) is 11.6 Å². The number of anilines is 1. The Morgan fingerprint density at radius 1 is 1.02 bits per heavy atom. The number of fused-ring (bicyclic) bond motifs is 4. The highest BCUT2D eigenvalue weighted by Gasteiger charge is 2.49. The highest BCUT2D eigenvalue weighted by molar-refractivity contribution is 5.87. The van der Waals surface area contributed by atoms with Crippen LogP contribution in [0.5, 0.6) is 17.8 Å². The van der Waals surface area contributed by atoms with Crippen molar-refractivity contribution in [2.75, 3.05) is 37.7 Å². The lowest BCUT2D eigenvalue weighted by Gasteiger charge is -2.33. The van der Waals surface area contributed by atoms with Crippen molar-refractivity contribution in [3.63, 3.8) is 0 Å². The minimum Gasteiger partial charge on any atom is -0.508 e. The fourth-order valence-electron chi connectivity index (χ4n) is 6.93. The molecule has 4 aliphatic heterocycles. The Hall–Kier alpha value is -3.38. The average Bonchev–Trinajstić information content (AvgIpc) is 3.58. The Balaban J connectivity index is 1.18. The second kappa shape index (κ2) is 9.91. The van der Waals surface area contributed by atoms with E-state index < -0.39 is 17.8 Å². The molecule has 4 aliphatic rings. The molecule has 7 rings (SSSR count). The number of phenols is 1. The zero-order valence-electron chi connectivity index (χ0n) is 22.0. The number of piperazine rings is 1. The predicted molar refractivity (Wildman–Crippen MR) is 140 cm³/mol. The molecule has 3 unspecified atom stereocenters. The first-order chi connectivity index (χ1) is 19.3. The van der Waals surface area contributed by atoms with Crippen LogP contribution in [0.25, 0.3) is 10.8 Å². The van der Waals surface area contributed by atoms with Gasteiger partial charge < -0.3 is 24.8 Å². The number of rotatable bonds is 7. The molecule has 1 aromatic heterocycles. The third-order valence-electron chi connectivity index (χ3n) is 8.74. The van der Waals surface area contributed by atoms with Gasteiger partial charge in [-0.2, -0.15) is 9.97 Å². The van der Waals surface area contributed by atoms with Crippen molar-refractivity contribution in [1.82, 2.24) is 25.2 Å². The van der Waals surface area contributed by atoms with E-state index in [1.165, 1.54) is 18.2 Å². The summed E-state index contributed by atoms with van der Waals surface area (Å²) in [6, 6.07) is 5.84. The Bertz CT molecular complexity index is 1430. The summed E-state index contributed by atoms with van der Waals surface area (Å²) in [5.41, 5.74) is -0.124. The van der Waals surface area contributed by atoms with Crippen molar-refractivity contribution >= 4 is 16.7 Å². The molecule has 0 aliphatic carbocycles. The number of phenolic OH excluding ortho intramolecular Hbond substituents is 1. The van der Waals surface area contributed by atoms with Crippen molar-refractivity contribution in [1.29, 1.82) is 0 Å². The maximum atomic E-state index is 14.7.